The van der Waals surface area contributed by atoms with Crippen LogP contribution in [0.2, 0.25) is 0 Å². The van der Waals surface area contributed by atoms with Crippen LogP contribution >= 0.6 is 0 Å². The molecule has 6 rings (SSSR count). The Hall–Kier alpha value is -4.62. The van der Waals surface area contributed by atoms with Gasteiger partial charge in [-0.3, -0.25) is 14.0 Å². The topological polar surface area (TPSA) is 70.7 Å². The second-order valence-electron chi connectivity index (χ2n) is 11.8. The first-order valence-corrected chi connectivity index (χ1v) is 15.6. The van der Waals surface area contributed by atoms with Crippen LogP contribution in [-0.2, 0) is 19.6 Å². The number of aromatic nitrogens is 2. The van der Waals surface area contributed by atoms with Crippen LogP contribution in [0.15, 0.2) is 120 Å². The number of nitrogens with zero attached hydrogens (tertiary/aromatic N) is 4. The lowest BCUT2D eigenvalue weighted by molar-refractivity contribution is 0.0852. The molecule has 7 nitrogen and oxygen atoms in total. The quantitative estimate of drug-likeness (QED) is 0.180. The Balaban J connectivity index is 1.20. The molecule has 0 bridgehead atoms. The summed E-state index contributed by atoms with van der Waals surface area (Å²) in [7, 11) is 0. The third-order valence-corrected chi connectivity index (χ3v) is 8.86. The van der Waals surface area contributed by atoms with Gasteiger partial charge in [-0.1, -0.05) is 103 Å². The monoisotopic (exact) mass is 588 g/mol. The zero-order valence-electron chi connectivity index (χ0n) is 25.0. The molecular weight excluding hydrogens is 548 g/mol. The number of benzene rings is 4. The van der Waals surface area contributed by atoms with Crippen LogP contribution in [0.25, 0.3) is 11.0 Å². The number of fused-ring (bicyclic) bond motifs is 1. The lowest BCUT2D eigenvalue weighted by Crippen LogP contribution is -2.47. The van der Waals surface area contributed by atoms with Crippen LogP contribution in [0.1, 0.15) is 48.4 Å². The fraction of sp³-hybridized carbons (Fsp3) is 0.297. The highest BCUT2D eigenvalue weighted by Crippen LogP contribution is 2.32. The normalized spacial score (nSPS) is 16.9. The minimum absolute atomic E-state index is 0.0283. The van der Waals surface area contributed by atoms with Gasteiger partial charge in [0.15, 0.2) is 0 Å². The second-order valence-corrected chi connectivity index (χ2v) is 11.8. The summed E-state index contributed by atoms with van der Waals surface area (Å²) in [5, 5.41) is 10.1. The van der Waals surface area contributed by atoms with E-state index in [0.29, 0.717) is 25.9 Å². The molecule has 5 aromatic rings. The summed E-state index contributed by atoms with van der Waals surface area (Å²) >= 11 is 0. The van der Waals surface area contributed by atoms with Gasteiger partial charge in [-0.25, -0.2) is 9.59 Å². The molecule has 2 heterocycles. The Morgan fingerprint density at radius 1 is 0.750 bits per heavy atom. The number of hydrogen-bond acceptors (Lipinski definition) is 3. The third-order valence-electron chi connectivity index (χ3n) is 8.86. The van der Waals surface area contributed by atoms with E-state index in [1.807, 2.05) is 75.9 Å². The van der Waals surface area contributed by atoms with Crippen molar-refractivity contribution < 1.29 is 9.90 Å². The first kappa shape index (κ1) is 29.5. The van der Waals surface area contributed by atoms with Crippen LogP contribution in [0.5, 0.6) is 0 Å². The zero-order valence-corrected chi connectivity index (χ0v) is 25.0. The van der Waals surface area contributed by atoms with E-state index < -0.39 is 6.09 Å². The summed E-state index contributed by atoms with van der Waals surface area (Å²) in [4.78, 5) is 30.3. The fourth-order valence-electron chi connectivity index (χ4n) is 6.74. The number of amides is 1. The number of piperidine rings is 1. The first-order valence-electron chi connectivity index (χ1n) is 15.6. The predicted octanol–water partition coefficient (Wildman–Crippen LogP) is 7.02. The Kier molecular flexibility index (Phi) is 9.22. The Labute approximate surface area is 258 Å². The van der Waals surface area contributed by atoms with Gasteiger partial charge in [0.05, 0.1) is 17.6 Å². The smallest absolute Gasteiger partial charge is 0.407 e. The summed E-state index contributed by atoms with van der Waals surface area (Å²) in [6, 6.07) is 38.8. The summed E-state index contributed by atoms with van der Waals surface area (Å²) in [6.45, 7) is 3.45. The zero-order chi connectivity index (χ0) is 30.3. The molecular formula is C37H40N4O3. The van der Waals surface area contributed by atoms with Gasteiger partial charge >= 0.3 is 11.8 Å². The molecule has 0 aliphatic carbocycles. The van der Waals surface area contributed by atoms with Gasteiger partial charge in [0.2, 0.25) is 0 Å². The lowest BCUT2D eigenvalue weighted by Gasteiger charge is -2.38. The van der Waals surface area contributed by atoms with Gasteiger partial charge in [0.25, 0.3) is 0 Å². The number of para-hydroxylation sites is 2. The molecule has 1 amide bonds. The number of hydrogen-bond donors (Lipinski definition) is 1. The molecule has 0 radical (unpaired) electrons. The van der Waals surface area contributed by atoms with Gasteiger partial charge in [-0.2, -0.15) is 0 Å². The van der Waals surface area contributed by atoms with Crippen molar-refractivity contribution in [1.29, 1.82) is 0 Å². The van der Waals surface area contributed by atoms with Crippen LogP contribution in [0.4, 0.5) is 4.79 Å². The van der Waals surface area contributed by atoms with Crippen molar-refractivity contribution in [3.63, 3.8) is 0 Å². The summed E-state index contributed by atoms with van der Waals surface area (Å²) in [5.74, 6) is 0. The molecule has 1 aliphatic rings. The Bertz CT molecular complexity index is 1670. The molecule has 1 unspecified atom stereocenters. The fourth-order valence-corrected chi connectivity index (χ4v) is 6.74. The SMILES string of the molecule is O=C(O)N1CCC(n2c(=O)n(Cc3ccccc3)c3ccccc32)C[C@@H]1CCCN(Cc1ccccc1)Cc1ccccc1. The maximum Gasteiger partial charge on any atom is 0.407 e. The van der Waals surface area contributed by atoms with E-state index in [1.165, 1.54) is 11.1 Å². The summed E-state index contributed by atoms with van der Waals surface area (Å²) in [6.07, 6.45) is 1.99. The Morgan fingerprint density at radius 3 is 1.89 bits per heavy atom. The molecule has 1 aliphatic heterocycles. The largest absolute Gasteiger partial charge is 0.465 e. The van der Waals surface area contributed by atoms with Crippen LogP contribution < -0.4 is 5.69 Å². The van der Waals surface area contributed by atoms with Crippen LogP contribution in [-0.4, -0.2) is 49.3 Å². The maximum atomic E-state index is 14.0. The first-order chi connectivity index (χ1) is 21.6. The van der Waals surface area contributed by atoms with Gasteiger partial charge < -0.3 is 10.0 Å². The molecule has 44 heavy (non-hydrogen) atoms. The minimum Gasteiger partial charge on any atom is -0.465 e. The van der Waals surface area contributed by atoms with Gasteiger partial charge in [0.1, 0.15) is 0 Å². The van der Waals surface area contributed by atoms with Gasteiger partial charge in [-0.15, -0.1) is 0 Å². The summed E-state index contributed by atoms with van der Waals surface area (Å²) in [5.41, 5.74) is 5.40. The third kappa shape index (κ3) is 6.79. The van der Waals surface area contributed by atoms with Crippen molar-refractivity contribution in [2.75, 3.05) is 13.1 Å². The van der Waals surface area contributed by atoms with E-state index in [1.54, 1.807) is 4.90 Å². The van der Waals surface area contributed by atoms with E-state index in [-0.39, 0.29) is 17.8 Å². The van der Waals surface area contributed by atoms with Crippen molar-refractivity contribution in [2.45, 2.75) is 57.4 Å². The van der Waals surface area contributed by atoms with Crippen molar-refractivity contribution in [3.8, 4) is 0 Å². The summed E-state index contributed by atoms with van der Waals surface area (Å²) < 4.78 is 3.79. The van der Waals surface area contributed by atoms with E-state index >= 15 is 0 Å². The van der Waals surface area contributed by atoms with E-state index in [4.69, 9.17) is 0 Å². The standard InChI is InChI=1S/C37H40N4O3/c42-36-40(28-31-17-8-3-9-18-31)34-20-10-11-21-35(34)41(36)33-22-24-39(37(43)44)32(25-33)19-12-23-38(26-29-13-4-1-5-14-29)27-30-15-6-2-7-16-30/h1-11,13-18,20-21,32-33H,12,19,22-28H2,(H,43,44)/t32-,33?/m0/s1. The molecule has 7 heteroatoms. The average Bonchev–Trinajstić information content (AvgIpc) is 3.33. The van der Waals surface area contributed by atoms with E-state index in [9.17, 15) is 14.7 Å². The molecule has 1 saturated heterocycles. The maximum absolute atomic E-state index is 14.0. The Morgan fingerprint density at radius 2 is 1.30 bits per heavy atom. The average molecular weight is 589 g/mol. The number of carbonyl (C=O) groups is 1. The molecule has 0 saturated carbocycles. The van der Waals surface area contributed by atoms with Crippen molar-refractivity contribution in [2.24, 2.45) is 0 Å². The van der Waals surface area contributed by atoms with E-state index in [2.05, 4.69) is 53.4 Å². The van der Waals surface area contributed by atoms with Crippen LogP contribution in [0, 0.1) is 0 Å². The van der Waals surface area contributed by atoms with Crippen molar-refractivity contribution in [3.05, 3.63) is 142 Å². The predicted molar refractivity (Wildman–Crippen MR) is 175 cm³/mol. The van der Waals surface area contributed by atoms with Gasteiger partial charge in [0, 0.05) is 31.7 Å². The molecule has 226 valence electrons. The number of carboxylic acid groups (broad SMARTS) is 1. The van der Waals surface area contributed by atoms with Crippen molar-refractivity contribution >= 4 is 17.1 Å². The molecule has 0 spiro atoms. The second kappa shape index (κ2) is 13.8. The lowest BCUT2D eigenvalue weighted by atomic mass is 9.93. The molecule has 1 aromatic heterocycles. The number of rotatable bonds is 11. The highest BCUT2D eigenvalue weighted by atomic mass is 16.4. The highest BCUT2D eigenvalue weighted by Gasteiger charge is 2.34. The number of likely N-dealkylation sites (tertiary alicyclic amines) is 1. The van der Waals surface area contributed by atoms with Crippen molar-refractivity contribution in [1.82, 2.24) is 18.9 Å². The van der Waals surface area contributed by atoms with E-state index in [0.717, 1.165) is 49.1 Å². The molecule has 2 atom stereocenters. The highest BCUT2D eigenvalue weighted by molar-refractivity contribution is 5.76. The molecule has 1 fully saturated rings. The molecule has 4 aromatic carbocycles. The minimum atomic E-state index is -0.877. The van der Waals surface area contributed by atoms with Crippen LogP contribution in [0.3, 0.4) is 0 Å². The molecule has 1 N–H and O–H groups in total. The number of imidazole rings is 1. The van der Waals surface area contributed by atoms with Gasteiger partial charge in [-0.05, 0) is 61.1 Å².